The fourth-order valence-corrected chi connectivity index (χ4v) is 2.16. The molecule has 1 heterocycles. The van der Waals surface area contributed by atoms with Gasteiger partial charge in [-0.2, -0.15) is 5.10 Å². The molecule has 1 aromatic rings. The van der Waals surface area contributed by atoms with Crippen molar-refractivity contribution in [3.8, 4) is 0 Å². The van der Waals surface area contributed by atoms with Crippen molar-refractivity contribution in [2.75, 3.05) is 0 Å². The van der Waals surface area contributed by atoms with Crippen molar-refractivity contribution in [3.63, 3.8) is 0 Å². The van der Waals surface area contributed by atoms with Crippen LogP contribution >= 0.6 is 11.6 Å². The Morgan fingerprint density at radius 1 is 1.60 bits per heavy atom. The molecule has 0 aliphatic heterocycles. The smallest absolute Gasteiger partial charge is 0.131 e. The highest BCUT2D eigenvalue weighted by Crippen LogP contribution is 2.44. The Hall–Kier alpha value is -0.540. The van der Waals surface area contributed by atoms with E-state index in [1.165, 1.54) is 6.42 Å². The molecule has 0 radical (unpaired) electrons. The molecule has 1 unspecified atom stereocenters. The molecule has 0 amide bonds. The summed E-state index contributed by atoms with van der Waals surface area (Å²) in [4.78, 5) is 0. The zero-order valence-corrected chi connectivity index (χ0v) is 10.5. The molecule has 0 spiro atoms. The average Bonchev–Trinajstić information content (AvgIpc) is 2.65. The van der Waals surface area contributed by atoms with Gasteiger partial charge in [-0.1, -0.05) is 25.4 Å². The maximum Gasteiger partial charge on any atom is 0.131 e. The molecule has 0 bridgehead atoms. The first-order chi connectivity index (χ1) is 6.92. The van der Waals surface area contributed by atoms with Crippen LogP contribution in [0.3, 0.4) is 0 Å². The number of hydrogen-bond acceptors (Lipinski definition) is 2. The lowest BCUT2D eigenvalue weighted by Gasteiger charge is -2.06. The molecular weight excluding hydrogens is 210 g/mol. The Balaban J connectivity index is 2.00. The standard InChI is InChI=1S/C11H18ClN3/c1-7-8(10(12)15(4)14-7)6-13-9-5-11(9,2)3/h9,13H,5-6H2,1-4H3. The summed E-state index contributed by atoms with van der Waals surface area (Å²) in [7, 11) is 1.87. The van der Waals surface area contributed by atoms with Gasteiger partial charge in [-0.15, -0.1) is 0 Å². The van der Waals surface area contributed by atoms with E-state index < -0.39 is 0 Å². The van der Waals surface area contributed by atoms with Crippen molar-refractivity contribution in [1.29, 1.82) is 0 Å². The van der Waals surface area contributed by atoms with Gasteiger partial charge in [0.2, 0.25) is 0 Å². The second-order valence-corrected chi connectivity index (χ2v) is 5.46. The van der Waals surface area contributed by atoms with Gasteiger partial charge in [-0.25, -0.2) is 0 Å². The van der Waals surface area contributed by atoms with E-state index in [4.69, 9.17) is 11.6 Å². The molecule has 0 saturated heterocycles. The second-order valence-electron chi connectivity index (χ2n) is 5.10. The highest BCUT2D eigenvalue weighted by Gasteiger charge is 2.45. The van der Waals surface area contributed by atoms with Crippen molar-refractivity contribution < 1.29 is 0 Å². The molecule has 15 heavy (non-hydrogen) atoms. The molecule has 1 atom stereocenters. The molecule has 1 aliphatic rings. The highest BCUT2D eigenvalue weighted by atomic mass is 35.5. The van der Waals surface area contributed by atoms with Crippen LogP contribution in [0.2, 0.25) is 5.15 Å². The van der Waals surface area contributed by atoms with Gasteiger partial charge < -0.3 is 5.32 Å². The van der Waals surface area contributed by atoms with Crippen molar-refractivity contribution in [3.05, 3.63) is 16.4 Å². The Kier molecular flexibility index (Phi) is 2.55. The quantitative estimate of drug-likeness (QED) is 0.859. The molecule has 3 nitrogen and oxygen atoms in total. The summed E-state index contributed by atoms with van der Waals surface area (Å²) in [6, 6.07) is 0.633. The second kappa shape index (κ2) is 3.49. The van der Waals surface area contributed by atoms with Gasteiger partial charge in [0.05, 0.1) is 5.69 Å². The SMILES string of the molecule is Cc1nn(C)c(Cl)c1CNC1CC1(C)C. The molecule has 0 aromatic carbocycles. The summed E-state index contributed by atoms with van der Waals surface area (Å²) in [5, 5.41) is 8.56. The zero-order chi connectivity index (χ0) is 11.2. The summed E-state index contributed by atoms with van der Waals surface area (Å²) >= 11 is 6.15. The van der Waals surface area contributed by atoms with E-state index in [0.29, 0.717) is 11.5 Å². The van der Waals surface area contributed by atoms with Crippen LogP contribution in [-0.4, -0.2) is 15.8 Å². The van der Waals surface area contributed by atoms with Crippen LogP contribution in [-0.2, 0) is 13.6 Å². The van der Waals surface area contributed by atoms with Crippen LogP contribution in [0.15, 0.2) is 0 Å². The van der Waals surface area contributed by atoms with Crippen LogP contribution in [0.5, 0.6) is 0 Å². The molecule has 84 valence electrons. The Morgan fingerprint density at radius 3 is 2.60 bits per heavy atom. The number of rotatable bonds is 3. The summed E-state index contributed by atoms with van der Waals surface area (Å²) < 4.78 is 1.73. The summed E-state index contributed by atoms with van der Waals surface area (Å²) in [5.41, 5.74) is 2.61. The minimum absolute atomic E-state index is 0.461. The lowest BCUT2D eigenvalue weighted by Crippen LogP contribution is -2.20. The fourth-order valence-electron chi connectivity index (χ4n) is 1.92. The topological polar surface area (TPSA) is 29.9 Å². The van der Waals surface area contributed by atoms with Crippen molar-refractivity contribution in [2.45, 2.75) is 39.8 Å². The Labute approximate surface area is 95.8 Å². The van der Waals surface area contributed by atoms with Gasteiger partial charge in [0.1, 0.15) is 5.15 Å². The third kappa shape index (κ3) is 2.04. The monoisotopic (exact) mass is 227 g/mol. The predicted molar refractivity (Wildman–Crippen MR) is 62.0 cm³/mol. The first kappa shape index (κ1) is 11.0. The number of aromatic nitrogens is 2. The molecule has 1 saturated carbocycles. The van der Waals surface area contributed by atoms with E-state index in [1.807, 2.05) is 14.0 Å². The van der Waals surface area contributed by atoms with Gasteiger partial charge >= 0.3 is 0 Å². The van der Waals surface area contributed by atoms with E-state index in [0.717, 1.165) is 23.0 Å². The first-order valence-electron chi connectivity index (χ1n) is 5.33. The number of halogens is 1. The van der Waals surface area contributed by atoms with E-state index in [1.54, 1.807) is 4.68 Å². The Bertz CT molecular complexity index is 381. The van der Waals surface area contributed by atoms with E-state index in [-0.39, 0.29) is 0 Å². The van der Waals surface area contributed by atoms with Crippen LogP contribution < -0.4 is 5.32 Å². The lowest BCUT2D eigenvalue weighted by atomic mass is 10.2. The molecule has 1 fully saturated rings. The minimum atomic E-state index is 0.461. The highest BCUT2D eigenvalue weighted by molar-refractivity contribution is 6.30. The van der Waals surface area contributed by atoms with Gasteiger partial charge in [-0.05, 0) is 18.8 Å². The van der Waals surface area contributed by atoms with Crippen LogP contribution in [0.25, 0.3) is 0 Å². The molecule has 4 heteroatoms. The summed E-state index contributed by atoms with van der Waals surface area (Å²) in [5.74, 6) is 0. The number of nitrogens with one attached hydrogen (secondary N) is 1. The summed E-state index contributed by atoms with van der Waals surface area (Å²) in [6.45, 7) is 7.39. The predicted octanol–water partition coefficient (Wildman–Crippen LogP) is 2.27. The molecule has 2 rings (SSSR count). The molecule has 1 aliphatic carbocycles. The molecular formula is C11H18ClN3. The number of aryl methyl sites for hydroxylation is 2. The van der Waals surface area contributed by atoms with E-state index in [2.05, 4.69) is 24.3 Å². The van der Waals surface area contributed by atoms with Gasteiger partial charge in [-0.3, -0.25) is 4.68 Å². The third-order valence-electron chi connectivity index (χ3n) is 3.31. The lowest BCUT2D eigenvalue weighted by molar-refractivity contribution is 0.541. The largest absolute Gasteiger partial charge is 0.309 e. The average molecular weight is 228 g/mol. The van der Waals surface area contributed by atoms with Gasteiger partial charge in [0.15, 0.2) is 0 Å². The molecule has 1 aromatic heterocycles. The normalized spacial score (nSPS) is 23.1. The summed E-state index contributed by atoms with van der Waals surface area (Å²) in [6.07, 6.45) is 1.25. The number of hydrogen-bond donors (Lipinski definition) is 1. The first-order valence-corrected chi connectivity index (χ1v) is 5.71. The van der Waals surface area contributed by atoms with Crippen LogP contribution in [0.1, 0.15) is 31.5 Å². The van der Waals surface area contributed by atoms with Crippen molar-refractivity contribution in [1.82, 2.24) is 15.1 Å². The van der Waals surface area contributed by atoms with Crippen LogP contribution in [0, 0.1) is 12.3 Å². The van der Waals surface area contributed by atoms with E-state index in [9.17, 15) is 0 Å². The maximum atomic E-state index is 6.15. The number of nitrogens with zero attached hydrogens (tertiary/aromatic N) is 2. The molecule has 1 N–H and O–H groups in total. The van der Waals surface area contributed by atoms with Gasteiger partial charge in [0, 0.05) is 25.2 Å². The third-order valence-corrected chi connectivity index (χ3v) is 3.78. The van der Waals surface area contributed by atoms with Gasteiger partial charge in [0.25, 0.3) is 0 Å². The minimum Gasteiger partial charge on any atom is -0.309 e. The van der Waals surface area contributed by atoms with Crippen molar-refractivity contribution in [2.24, 2.45) is 12.5 Å². The van der Waals surface area contributed by atoms with E-state index >= 15 is 0 Å². The fraction of sp³-hybridized carbons (Fsp3) is 0.727. The Morgan fingerprint density at radius 2 is 2.20 bits per heavy atom. The maximum absolute atomic E-state index is 6.15. The van der Waals surface area contributed by atoms with Crippen molar-refractivity contribution >= 4 is 11.6 Å². The zero-order valence-electron chi connectivity index (χ0n) is 9.76. The van der Waals surface area contributed by atoms with Crippen LogP contribution in [0.4, 0.5) is 0 Å².